The zero-order chi connectivity index (χ0) is 21.8. The summed E-state index contributed by atoms with van der Waals surface area (Å²) in [5.41, 5.74) is 3.40. The number of hydrogen-bond acceptors (Lipinski definition) is 5. The SMILES string of the molecule is CCN(Cc1ccc(OC)c(OC)c1)C(=O)COC(=O)c1cc(C)n(C2CC2)c1C. The van der Waals surface area contributed by atoms with E-state index < -0.39 is 5.97 Å². The van der Waals surface area contributed by atoms with Gasteiger partial charge in [0.15, 0.2) is 18.1 Å². The summed E-state index contributed by atoms with van der Waals surface area (Å²) in [6.07, 6.45) is 2.29. The number of aryl methyl sites for hydroxylation is 1. The molecule has 0 radical (unpaired) electrons. The lowest BCUT2D eigenvalue weighted by Crippen LogP contribution is -2.34. The number of amides is 1. The van der Waals surface area contributed by atoms with Crippen molar-refractivity contribution in [3.8, 4) is 11.5 Å². The highest BCUT2D eigenvalue weighted by Gasteiger charge is 2.29. The van der Waals surface area contributed by atoms with Crippen LogP contribution >= 0.6 is 0 Å². The second kappa shape index (κ2) is 9.24. The Morgan fingerprint density at radius 3 is 2.40 bits per heavy atom. The summed E-state index contributed by atoms with van der Waals surface area (Å²) in [7, 11) is 3.15. The summed E-state index contributed by atoms with van der Waals surface area (Å²) < 4.78 is 18.1. The van der Waals surface area contributed by atoms with Crippen LogP contribution in [-0.2, 0) is 16.1 Å². The van der Waals surface area contributed by atoms with Crippen molar-refractivity contribution < 1.29 is 23.8 Å². The maximum absolute atomic E-state index is 12.7. The second-order valence-electron chi connectivity index (χ2n) is 7.56. The normalized spacial score (nSPS) is 13.1. The first kappa shape index (κ1) is 21.7. The van der Waals surface area contributed by atoms with E-state index in [2.05, 4.69) is 4.57 Å². The molecule has 162 valence electrons. The van der Waals surface area contributed by atoms with Gasteiger partial charge in [0, 0.05) is 30.5 Å². The fraction of sp³-hybridized carbons (Fsp3) is 0.478. The van der Waals surface area contributed by atoms with Crippen LogP contribution in [-0.4, -0.2) is 48.7 Å². The highest BCUT2D eigenvalue weighted by molar-refractivity contribution is 5.92. The predicted octanol–water partition coefficient (Wildman–Crippen LogP) is 3.66. The zero-order valence-electron chi connectivity index (χ0n) is 18.4. The van der Waals surface area contributed by atoms with E-state index in [1.165, 1.54) is 0 Å². The Hall–Kier alpha value is -2.96. The number of carbonyl (C=O) groups excluding carboxylic acids is 2. The lowest BCUT2D eigenvalue weighted by atomic mass is 10.2. The Balaban J connectivity index is 1.62. The van der Waals surface area contributed by atoms with Crippen LogP contribution in [0, 0.1) is 13.8 Å². The first-order valence-electron chi connectivity index (χ1n) is 10.2. The van der Waals surface area contributed by atoms with Gasteiger partial charge in [-0.25, -0.2) is 4.79 Å². The average molecular weight is 415 g/mol. The van der Waals surface area contributed by atoms with Crippen LogP contribution in [0.25, 0.3) is 0 Å². The molecule has 7 nitrogen and oxygen atoms in total. The third kappa shape index (κ3) is 4.61. The molecule has 0 N–H and O–H groups in total. The molecule has 3 rings (SSSR count). The van der Waals surface area contributed by atoms with Gasteiger partial charge < -0.3 is 23.7 Å². The molecule has 1 saturated carbocycles. The minimum atomic E-state index is -0.453. The fourth-order valence-electron chi connectivity index (χ4n) is 3.75. The topological polar surface area (TPSA) is 70.0 Å². The van der Waals surface area contributed by atoms with E-state index in [1.807, 2.05) is 45.0 Å². The molecular formula is C23H30N2O5. The first-order chi connectivity index (χ1) is 14.4. The summed E-state index contributed by atoms with van der Waals surface area (Å²) in [5, 5.41) is 0. The van der Waals surface area contributed by atoms with Crippen LogP contribution in [0.5, 0.6) is 11.5 Å². The van der Waals surface area contributed by atoms with Gasteiger partial charge in [0.05, 0.1) is 19.8 Å². The Labute approximate surface area is 177 Å². The minimum Gasteiger partial charge on any atom is -0.493 e. The molecule has 1 fully saturated rings. The van der Waals surface area contributed by atoms with Gasteiger partial charge in [-0.1, -0.05) is 6.07 Å². The molecule has 0 aliphatic heterocycles. The number of rotatable bonds is 9. The zero-order valence-corrected chi connectivity index (χ0v) is 18.4. The van der Waals surface area contributed by atoms with Crippen LogP contribution in [0.3, 0.4) is 0 Å². The van der Waals surface area contributed by atoms with E-state index in [-0.39, 0.29) is 12.5 Å². The van der Waals surface area contributed by atoms with Crippen LogP contribution < -0.4 is 9.47 Å². The average Bonchev–Trinajstić information content (AvgIpc) is 3.53. The summed E-state index contributed by atoms with van der Waals surface area (Å²) in [4.78, 5) is 26.9. The van der Waals surface area contributed by atoms with Crippen molar-refractivity contribution >= 4 is 11.9 Å². The molecule has 2 aromatic rings. The van der Waals surface area contributed by atoms with Crippen molar-refractivity contribution in [1.29, 1.82) is 0 Å². The Morgan fingerprint density at radius 1 is 1.10 bits per heavy atom. The molecule has 0 saturated heterocycles. The van der Waals surface area contributed by atoms with Crippen molar-refractivity contribution in [2.45, 2.75) is 46.2 Å². The number of aromatic nitrogens is 1. The molecule has 1 aliphatic rings. The number of benzene rings is 1. The summed E-state index contributed by atoms with van der Waals surface area (Å²) in [6.45, 7) is 6.43. The van der Waals surface area contributed by atoms with E-state index >= 15 is 0 Å². The van der Waals surface area contributed by atoms with Gasteiger partial charge in [0.1, 0.15) is 0 Å². The maximum atomic E-state index is 12.7. The molecule has 1 aliphatic carbocycles. The lowest BCUT2D eigenvalue weighted by molar-refractivity contribution is -0.134. The molecule has 7 heteroatoms. The van der Waals surface area contributed by atoms with Crippen molar-refractivity contribution in [2.75, 3.05) is 27.4 Å². The van der Waals surface area contributed by atoms with Crippen LogP contribution in [0.15, 0.2) is 24.3 Å². The molecule has 1 aromatic carbocycles. The highest BCUT2D eigenvalue weighted by atomic mass is 16.5. The van der Waals surface area contributed by atoms with Gasteiger partial charge in [-0.2, -0.15) is 0 Å². The van der Waals surface area contributed by atoms with E-state index in [9.17, 15) is 9.59 Å². The smallest absolute Gasteiger partial charge is 0.340 e. The number of ether oxygens (including phenoxy) is 3. The molecule has 0 atom stereocenters. The van der Waals surface area contributed by atoms with Gasteiger partial charge in [0.2, 0.25) is 0 Å². The third-order valence-electron chi connectivity index (χ3n) is 5.50. The summed E-state index contributed by atoms with van der Waals surface area (Å²) in [5.74, 6) is 0.548. The molecule has 1 heterocycles. The fourth-order valence-corrected chi connectivity index (χ4v) is 3.75. The van der Waals surface area contributed by atoms with E-state index in [4.69, 9.17) is 14.2 Å². The number of esters is 1. The number of nitrogens with zero attached hydrogens (tertiary/aromatic N) is 2. The van der Waals surface area contributed by atoms with Crippen molar-refractivity contribution in [3.05, 3.63) is 46.8 Å². The van der Waals surface area contributed by atoms with Gasteiger partial charge >= 0.3 is 5.97 Å². The van der Waals surface area contributed by atoms with Crippen molar-refractivity contribution in [1.82, 2.24) is 9.47 Å². The van der Waals surface area contributed by atoms with Crippen molar-refractivity contribution in [2.24, 2.45) is 0 Å². The Morgan fingerprint density at radius 2 is 1.80 bits per heavy atom. The first-order valence-corrected chi connectivity index (χ1v) is 10.2. The third-order valence-corrected chi connectivity index (χ3v) is 5.50. The quantitative estimate of drug-likeness (QED) is 0.586. The van der Waals surface area contributed by atoms with Gasteiger partial charge in [-0.15, -0.1) is 0 Å². The van der Waals surface area contributed by atoms with Crippen molar-refractivity contribution in [3.63, 3.8) is 0 Å². The monoisotopic (exact) mass is 414 g/mol. The largest absolute Gasteiger partial charge is 0.493 e. The molecule has 0 spiro atoms. The lowest BCUT2D eigenvalue weighted by Gasteiger charge is -2.21. The summed E-state index contributed by atoms with van der Waals surface area (Å²) >= 11 is 0. The predicted molar refractivity (Wildman–Crippen MR) is 113 cm³/mol. The van der Waals surface area contributed by atoms with Crippen LogP contribution in [0.1, 0.15) is 53.1 Å². The van der Waals surface area contributed by atoms with E-state index in [0.29, 0.717) is 36.2 Å². The standard InChI is InChI=1S/C23H30N2O5/c1-6-24(13-17-7-10-20(28-4)21(12-17)29-5)22(26)14-30-23(27)19-11-15(2)25(16(19)3)18-8-9-18/h7,10-12,18H,6,8-9,13-14H2,1-5H3. The van der Waals surface area contributed by atoms with E-state index in [0.717, 1.165) is 29.8 Å². The molecule has 1 amide bonds. The molecule has 30 heavy (non-hydrogen) atoms. The number of methoxy groups -OCH3 is 2. The Bertz CT molecular complexity index is 930. The number of likely N-dealkylation sites (N-methyl/N-ethyl adjacent to an activating group) is 1. The van der Waals surface area contributed by atoms with Gasteiger partial charge in [0.25, 0.3) is 5.91 Å². The molecule has 1 aromatic heterocycles. The molecule has 0 bridgehead atoms. The van der Waals surface area contributed by atoms with Gasteiger partial charge in [-0.05, 0) is 57.4 Å². The number of hydrogen-bond donors (Lipinski definition) is 0. The minimum absolute atomic E-state index is 0.239. The molecule has 0 unspecified atom stereocenters. The van der Waals surface area contributed by atoms with E-state index in [1.54, 1.807) is 19.1 Å². The molecular weight excluding hydrogens is 384 g/mol. The maximum Gasteiger partial charge on any atom is 0.340 e. The van der Waals surface area contributed by atoms with Crippen LogP contribution in [0.4, 0.5) is 0 Å². The highest BCUT2D eigenvalue weighted by Crippen LogP contribution is 2.38. The Kier molecular flexibility index (Phi) is 6.70. The van der Waals surface area contributed by atoms with Gasteiger partial charge in [-0.3, -0.25) is 4.79 Å². The number of carbonyl (C=O) groups is 2. The van der Waals surface area contributed by atoms with Crippen LogP contribution in [0.2, 0.25) is 0 Å². The second-order valence-corrected chi connectivity index (χ2v) is 7.56. The summed E-state index contributed by atoms with van der Waals surface area (Å²) in [6, 6.07) is 7.87.